The number of aliphatic carboxylic acids is 1. The predicted molar refractivity (Wildman–Crippen MR) is 117 cm³/mol. The molecule has 1 atom stereocenters. The van der Waals surface area contributed by atoms with Gasteiger partial charge >= 0.3 is 5.97 Å². The summed E-state index contributed by atoms with van der Waals surface area (Å²) in [5, 5.41) is 13.6. The van der Waals surface area contributed by atoms with Gasteiger partial charge in [-0.05, 0) is 30.2 Å². The Labute approximate surface area is 177 Å². The Morgan fingerprint density at radius 1 is 1.06 bits per heavy atom. The summed E-state index contributed by atoms with van der Waals surface area (Å²) in [5.41, 5.74) is 2.15. The zero-order valence-corrected chi connectivity index (χ0v) is 16.7. The van der Waals surface area contributed by atoms with Crippen molar-refractivity contribution in [1.29, 1.82) is 0 Å². The molecule has 0 bridgehead atoms. The lowest BCUT2D eigenvalue weighted by atomic mass is 10.0. The van der Waals surface area contributed by atoms with Gasteiger partial charge in [0.2, 0.25) is 5.91 Å². The molecule has 1 amide bonds. The standard InChI is InChI=1S/C23H22N4O4/c28-21(11-5-10-20-25-18-9-4-2-7-16(18)22(29)27-20)26-19(23(30)31)12-14-13-24-17-8-3-1-6-15(14)17/h1-4,6-9,13,19,24H,5,10-12H2,(H,26,28)(H,30,31)(H,25,27,29)/t19-/m0/s1. The molecule has 158 valence electrons. The first-order valence-corrected chi connectivity index (χ1v) is 10.1. The van der Waals surface area contributed by atoms with Crippen LogP contribution in [0.3, 0.4) is 0 Å². The molecule has 8 heteroatoms. The SMILES string of the molecule is O=C(CCCc1nc2ccccc2c(=O)[nH]1)N[C@@H](Cc1c[nH]c2ccccc12)C(=O)O. The van der Waals surface area contributed by atoms with E-state index in [1.165, 1.54) is 0 Å². The molecular formula is C23H22N4O4. The van der Waals surface area contributed by atoms with Crippen LogP contribution in [0.2, 0.25) is 0 Å². The van der Waals surface area contributed by atoms with E-state index in [4.69, 9.17) is 0 Å². The fourth-order valence-electron chi connectivity index (χ4n) is 3.66. The Morgan fingerprint density at radius 2 is 1.81 bits per heavy atom. The van der Waals surface area contributed by atoms with Crippen LogP contribution in [0.1, 0.15) is 24.2 Å². The van der Waals surface area contributed by atoms with Crippen LogP contribution in [0.15, 0.2) is 59.5 Å². The number of carbonyl (C=O) groups is 2. The Morgan fingerprint density at radius 3 is 2.61 bits per heavy atom. The molecule has 2 heterocycles. The number of nitrogens with one attached hydrogen (secondary N) is 3. The highest BCUT2D eigenvalue weighted by atomic mass is 16.4. The van der Waals surface area contributed by atoms with Crippen molar-refractivity contribution in [1.82, 2.24) is 20.3 Å². The molecule has 0 unspecified atom stereocenters. The number of nitrogens with zero attached hydrogens (tertiary/aromatic N) is 1. The van der Waals surface area contributed by atoms with E-state index in [0.717, 1.165) is 16.5 Å². The summed E-state index contributed by atoms with van der Waals surface area (Å²) in [7, 11) is 0. The van der Waals surface area contributed by atoms with Gasteiger partial charge in [0.25, 0.3) is 5.56 Å². The Kier molecular flexibility index (Phi) is 5.79. The maximum absolute atomic E-state index is 12.3. The first kappa shape index (κ1) is 20.3. The van der Waals surface area contributed by atoms with Gasteiger partial charge in [0, 0.05) is 36.4 Å². The monoisotopic (exact) mass is 418 g/mol. The lowest BCUT2D eigenvalue weighted by Gasteiger charge is -2.14. The lowest BCUT2D eigenvalue weighted by molar-refractivity contribution is -0.141. The fraction of sp³-hybridized carbons (Fsp3) is 0.217. The van der Waals surface area contributed by atoms with Crippen LogP contribution in [0, 0.1) is 0 Å². The largest absolute Gasteiger partial charge is 0.480 e. The van der Waals surface area contributed by atoms with Crippen LogP contribution < -0.4 is 10.9 Å². The van der Waals surface area contributed by atoms with Crippen molar-refractivity contribution >= 4 is 33.7 Å². The lowest BCUT2D eigenvalue weighted by Crippen LogP contribution is -2.42. The van der Waals surface area contributed by atoms with Gasteiger partial charge in [-0.1, -0.05) is 30.3 Å². The highest BCUT2D eigenvalue weighted by Gasteiger charge is 2.21. The van der Waals surface area contributed by atoms with Crippen molar-refractivity contribution in [3.63, 3.8) is 0 Å². The van der Waals surface area contributed by atoms with Gasteiger partial charge in [-0.3, -0.25) is 9.59 Å². The van der Waals surface area contributed by atoms with E-state index < -0.39 is 12.0 Å². The van der Waals surface area contributed by atoms with Gasteiger partial charge in [-0.15, -0.1) is 0 Å². The Balaban J connectivity index is 1.35. The Bertz CT molecular complexity index is 1310. The second-order valence-corrected chi connectivity index (χ2v) is 7.41. The van der Waals surface area contributed by atoms with Crippen LogP contribution in [-0.4, -0.2) is 38.0 Å². The van der Waals surface area contributed by atoms with Crippen molar-refractivity contribution in [2.24, 2.45) is 0 Å². The molecule has 31 heavy (non-hydrogen) atoms. The summed E-state index contributed by atoms with van der Waals surface area (Å²) in [4.78, 5) is 46.4. The second-order valence-electron chi connectivity index (χ2n) is 7.41. The van der Waals surface area contributed by atoms with Gasteiger partial charge in [-0.25, -0.2) is 9.78 Å². The minimum atomic E-state index is -1.08. The summed E-state index contributed by atoms with van der Waals surface area (Å²) in [6.07, 6.45) is 2.94. The number of fused-ring (bicyclic) bond motifs is 2. The zero-order chi connectivity index (χ0) is 21.8. The number of H-pyrrole nitrogens is 2. The molecule has 4 N–H and O–H groups in total. The zero-order valence-electron chi connectivity index (χ0n) is 16.7. The molecule has 0 saturated carbocycles. The van der Waals surface area contributed by atoms with E-state index >= 15 is 0 Å². The number of carbonyl (C=O) groups excluding carboxylic acids is 1. The van der Waals surface area contributed by atoms with Crippen LogP contribution >= 0.6 is 0 Å². The van der Waals surface area contributed by atoms with Gasteiger partial charge < -0.3 is 20.4 Å². The topological polar surface area (TPSA) is 128 Å². The minimum absolute atomic E-state index is 0.133. The van der Waals surface area contributed by atoms with E-state index in [-0.39, 0.29) is 24.3 Å². The molecule has 4 aromatic rings. The molecule has 0 fully saturated rings. The van der Waals surface area contributed by atoms with E-state index in [1.807, 2.05) is 30.3 Å². The third-order valence-corrected chi connectivity index (χ3v) is 5.21. The van der Waals surface area contributed by atoms with E-state index in [9.17, 15) is 19.5 Å². The number of para-hydroxylation sites is 2. The van der Waals surface area contributed by atoms with E-state index in [2.05, 4.69) is 20.3 Å². The smallest absolute Gasteiger partial charge is 0.326 e. The minimum Gasteiger partial charge on any atom is -0.480 e. The number of carboxylic acid groups (broad SMARTS) is 1. The van der Waals surface area contributed by atoms with Crippen LogP contribution in [-0.2, 0) is 22.4 Å². The quantitative estimate of drug-likeness (QED) is 0.350. The molecular weight excluding hydrogens is 396 g/mol. The van der Waals surface area contributed by atoms with Gasteiger partial charge in [0.05, 0.1) is 10.9 Å². The average Bonchev–Trinajstić information content (AvgIpc) is 3.16. The van der Waals surface area contributed by atoms with Crippen molar-refractivity contribution in [2.75, 3.05) is 0 Å². The fourth-order valence-corrected chi connectivity index (χ4v) is 3.66. The molecule has 0 radical (unpaired) electrons. The number of aryl methyl sites for hydroxylation is 1. The molecule has 4 rings (SSSR count). The summed E-state index contributed by atoms with van der Waals surface area (Å²) in [6.45, 7) is 0. The molecule has 2 aromatic heterocycles. The number of carboxylic acids is 1. The third kappa shape index (κ3) is 4.63. The van der Waals surface area contributed by atoms with E-state index in [0.29, 0.717) is 29.6 Å². The van der Waals surface area contributed by atoms with Crippen molar-refractivity contribution in [3.05, 3.63) is 76.5 Å². The number of rotatable bonds is 8. The number of hydrogen-bond donors (Lipinski definition) is 4. The van der Waals surface area contributed by atoms with Gasteiger partial charge in [-0.2, -0.15) is 0 Å². The van der Waals surface area contributed by atoms with E-state index in [1.54, 1.807) is 24.4 Å². The number of aromatic nitrogens is 3. The normalized spacial score (nSPS) is 12.1. The summed E-state index contributed by atoms with van der Waals surface area (Å²) in [5.74, 6) is -0.931. The van der Waals surface area contributed by atoms with Crippen LogP contribution in [0.25, 0.3) is 21.8 Å². The molecule has 0 aliphatic carbocycles. The maximum atomic E-state index is 12.3. The van der Waals surface area contributed by atoms with Gasteiger partial charge in [0.15, 0.2) is 0 Å². The van der Waals surface area contributed by atoms with Crippen molar-refractivity contribution in [3.8, 4) is 0 Å². The first-order chi connectivity index (χ1) is 15.0. The van der Waals surface area contributed by atoms with Gasteiger partial charge in [0.1, 0.15) is 11.9 Å². The first-order valence-electron chi connectivity index (χ1n) is 10.1. The maximum Gasteiger partial charge on any atom is 0.326 e. The number of benzene rings is 2. The average molecular weight is 418 g/mol. The molecule has 8 nitrogen and oxygen atoms in total. The van der Waals surface area contributed by atoms with Crippen LogP contribution in [0.5, 0.6) is 0 Å². The highest BCUT2D eigenvalue weighted by Crippen LogP contribution is 2.19. The number of hydrogen-bond acceptors (Lipinski definition) is 4. The summed E-state index contributed by atoms with van der Waals surface area (Å²) in [6, 6.07) is 13.7. The highest BCUT2D eigenvalue weighted by molar-refractivity contribution is 5.86. The second kappa shape index (κ2) is 8.83. The summed E-state index contributed by atoms with van der Waals surface area (Å²) >= 11 is 0. The molecule has 2 aromatic carbocycles. The van der Waals surface area contributed by atoms with Crippen LogP contribution in [0.4, 0.5) is 0 Å². The number of aromatic amines is 2. The van der Waals surface area contributed by atoms with Crippen molar-refractivity contribution < 1.29 is 14.7 Å². The molecule has 0 spiro atoms. The molecule has 0 saturated heterocycles. The molecule has 0 aliphatic rings. The Hall–Kier alpha value is -3.94. The predicted octanol–water partition coefficient (Wildman–Crippen LogP) is 2.54. The molecule has 0 aliphatic heterocycles. The third-order valence-electron chi connectivity index (χ3n) is 5.21. The van der Waals surface area contributed by atoms with Crippen molar-refractivity contribution in [2.45, 2.75) is 31.7 Å². The summed E-state index contributed by atoms with van der Waals surface area (Å²) < 4.78 is 0. The number of amides is 1.